The first-order valence-corrected chi connectivity index (χ1v) is 11.8. The minimum atomic E-state index is -0.966. The molecule has 0 saturated heterocycles. The van der Waals surface area contributed by atoms with Gasteiger partial charge < -0.3 is 20.8 Å². The molecule has 186 valence electrons. The lowest BCUT2D eigenvalue weighted by Crippen LogP contribution is -2.19. The van der Waals surface area contributed by atoms with Crippen LogP contribution in [0.2, 0.25) is 0 Å². The quantitative estimate of drug-likeness (QED) is 0.217. The number of carbonyl (C=O) groups is 3. The summed E-state index contributed by atoms with van der Waals surface area (Å²) in [5.74, 6) is -1.66. The van der Waals surface area contributed by atoms with Gasteiger partial charge in [-0.15, -0.1) is 0 Å². The van der Waals surface area contributed by atoms with Crippen LogP contribution in [0.4, 0.5) is 16.2 Å². The average Bonchev–Trinajstić information content (AvgIpc) is 2.86. The highest BCUT2D eigenvalue weighted by Gasteiger charge is 2.10. The highest BCUT2D eigenvalue weighted by Crippen LogP contribution is 2.23. The summed E-state index contributed by atoms with van der Waals surface area (Å²) in [5.41, 5.74) is 3.44. The Morgan fingerprint density at radius 2 is 1.50 bits per heavy atom. The van der Waals surface area contributed by atoms with Crippen molar-refractivity contribution in [2.24, 2.45) is 5.92 Å². The molecule has 7 nitrogen and oxygen atoms in total. The topological polar surface area (TPSA) is 116 Å². The largest absolute Gasteiger partial charge is 0.481 e. The number of nitrogens with one attached hydrogen (secondary N) is 2. The molecule has 0 aliphatic heterocycles. The summed E-state index contributed by atoms with van der Waals surface area (Å²) < 4.78 is 0. The van der Waals surface area contributed by atoms with Gasteiger partial charge in [-0.3, -0.25) is 4.79 Å². The van der Waals surface area contributed by atoms with E-state index in [4.69, 9.17) is 10.2 Å². The smallest absolute Gasteiger partial charge is 0.335 e. The van der Waals surface area contributed by atoms with Gasteiger partial charge in [-0.2, -0.15) is 0 Å². The first-order valence-electron chi connectivity index (χ1n) is 11.8. The van der Waals surface area contributed by atoms with Crippen molar-refractivity contribution < 1.29 is 24.6 Å². The third kappa shape index (κ3) is 8.76. The van der Waals surface area contributed by atoms with Crippen molar-refractivity contribution in [3.05, 3.63) is 102 Å². The van der Waals surface area contributed by atoms with Gasteiger partial charge in [-0.1, -0.05) is 67.1 Å². The second kappa shape index (κ2) is 13.5. The number of urea groups is 1. The van der Waals surface area contributed by atoms with E-state index in [9.17, 15) is 14.4 Å². The molecule has 4 N–H and O–H groups in total. The summed E-state index contributed by atoms with van der Waals surface area (Å²) in [6.07, 6.45) is 6.99. The molecule has 36 heavy (non-hydrogen) atoms. The molecule has 7 heteroatoms. The number of carbonyl (C=O) groups excluding carboxylic acids is 1. The first kappa shape index (κ1) is 26.2. The molecule has 0 aromatic heterocycles. The molecule has 3 rings (SSSR count). The highest BCUT2D eigenvalue weighted by atomic mass is 16.4. The average molecular weight is 487 g/mol. The summed E-state index contributed by atoms with van der Waals surface area (Å²) in [7, 11) is 0. The van der Waals surface area contributed by atoms with Crippen LogP contribution >= 0.6 is 0 Å². The lowest BCUT2D eigenvalue weighted by atomic mass is 9.92. The molecular weight excluding hydrogens is 456 g/mol. The van der Waals surface area contributed by atoms with Crippen LogP contribution in [0.5, 0.6) is 0 Å². The van der Waals surface area contributed by atoms with Gasteiger partial charge in [-0.05, 0) is 66.6 Å². The van der Waals surface area contributed by atoms with E-state index in [2.05, 4.69) is 16.7 Å². The van der Waals surface area contributed by atoms with Crippen molar-refractivity contribution in [2.45, 2.75) is 32.1 Å². The lowest BCUT2D eigenvalue weighted by Gasteiger charge is -2.14. The molecule has 0 heterocycles. The van der Waals surface area contributed by atoms with E-state index in [1.165, 1.54) is 0 Å². The fourth-order valence-electron chi connectivity index (χ4n) is 3.84. The Morgan fingerprint density at radius 1 is 0.806 bits per heavy atom. The molecule has 0 aliphatic rings. The summed E-state index contributed by atoms with van der Waals surface area (Å²) in [5, 5.41) is 23.8. The Morgan fingerprint density at radius 3 is 2.19 bits per heavy atom. The number of para-hydroxylation sites is 2. The standard InChI is InChI=1S/C29H30N2O5/c32-27(33)13-7-4-8-21(20-22-15-18-24(19-16-22)28(34)35)14-17-23-9-5-6-12-26(23)31-29(36)30-25-10-2-1-3-11-25/h1-3,5-6,9-12,14-19,21H,4,7-8,13,20H2,(H,32,33)(H,34,35)(H2,30,31,36)/b17-14+. The number of carboxylic acid groups (broad SMARTS) is 2. The number of amides is 2. The van der Waals surface area contributed by atoms with E-state index in [0.717, 1.165) is 24.0 Å². The minimum absolute atomic E-state index is 0.112. The Hall–Kier alpha value is -4.39. The van der Waals surface area contributed by atoms with Crippen molar-refractivity contribution >= 4 is 35.4 Å². The third-order valence-corrected chi connectivity index (χ3v) is 5.70. The van der Waals surface area contributed by atoms with Crippen LogP contribution in [0.3, 0.4) is 0 Å². The summed E-state index contributed by atoms with van der Waals surface area (Å²) >= 11 is 0. The predicted molar refractivity (Wildman–Crippen MR) is 141 cm³/mol. The summed E-state index contributed by atoms with van der Waals surface area (Å²) in [4.78, 5) is 34.5. The van der Waals surface area contributed by atoms with Crippen molar-refractivity contribution in [1.82, 2.24) is 0 Å². The molecular formula is C29H30N2O5. The van der Waals surface area contributed by atoms with Gasteiger partial charge in [0.15, 0.2) is 0 Å². The van der Waals surface area contributed by atoms with Gasteiger partial charge in [0.05, 0.1) is 5.56 Å². The normalized spacial score (nSPS) is 11.7. The molecule has 0 saturated carbocycles. The molecule has 3 aromatic carbocycles. The molecule has 1 atom stereocenters. The third-order valence-electron chi connectivity index (χ3n) is 5.70. The van der Waals surface area contributed by atoms with Gasteiger partial charge in [-0.25, -0.2) is 9.59 Å². The molecule has 1 unspecified atom stereocenters. The van der Waals surface area contributed by atoms with Crippen LogP contribution in [0.15, 0.2) is 84.9 Å². The predicted octanol–water partition coefficient (Wildman–Crippen LogP) is 6.55. The number of aliphatic carboxylic acids is 1. The zero-order valence-corrected chi connectivity index (χ0v) is 19.9. The van der Waals surface area contributed by atoms with E-state index < -0.39 is 11.9 Å². The second-order valence-electron chi connectivity index (χ2n) is 8.50. The number of aromatic carboxylic acids is 1. The highest BCUT2D eigenvalue weighted by molar-refractivity contribution is 6.00. The van der Waals surface area contributed by atoms with Crippen molar-refractivity contribution in [3.63, 3.8) is 0 Å². The molecule has 0 fully saturated rings. The maximum absolute atomic E-state index is 12.5. The Bertz CT molecular complexity index is 1190. The molecule has 2 amide bonds. The van der Waals surface area contributed by atoms with Crippen LogP contribution in [0.25, 0.3) is 6.08 Å². The van der Waals surface area contributed by atoms with Crippen LogP contribution in [-0.4, -0.2) is 28.2 Å². The van der Waals surface area contributed by atoms with E-state index in [-0.39, 0.29) is 23.9 Å². The number of hydrogen-bond acceptors (Lipinski definition) is 3. The zero-order valence-electron chi connectivity index (χ0n) is 19.9. The Kier molecular flexibility index (Phi) is 9.82. The number of hydrogen-bond donors (Lipinski definition) is 4. The van der Waals surface area contributed by atoms with Crippen LogP contribution < -0.4 is 10.6 Å². The number of anilines is 2. The maximum Gasteiger partial charge on any atom is 0.335 e. The van der Waals surface area contributed by atoms with Crippen molar-refractivity contribution in [1.29, 1.82) is 0 Å². The van der Waals surface area contributed by atoms with E-state index in [0.29, 0.717) is 24.2 Å². The van der Waals surface area contributed by atoms with Crippen LogP contribution in [-0.2, 0) is 11.2 Å². The number of allylic oxidation sites excluding steroid dienone is 1. The molecule has 0 spiro atoms. The van der Waals surface area contributed by atoms with Crippen LogP contribution in [0, 0.1) is 5.92 Å². The van der Waals surface area contributed by atoms with Crippen molar-refractivity contribution in [2.75, 3.05) is 10.6 Å². The minimum Gasteiger partial charge on any atom is -0.481 e. The Balaban J connectivity index is 1.71. The number of rotatable bonds is 12. The van der Waals surface area contributed by atoms with E-state index in [1.54, 1.807) is 12.1 Å². The first-order chi connectivity index (χ1) is 17.4. The van der Waals surface area contributed by atoms with E-state index in [1.807, 2.05) is 72.8 Å². The lowest BCUT2D eigenvalue weighted by molar-refractivity contribution is -0.137. The summed E-state index contributed by atoms with van der Waals surface area (Å²) in [6, 6.07) is 23.1. The maximum atomic E-state index is 12.5. The molecule has 0 bridgehead atoms. The molecule has 0 aliphatic carbocycles. The van der Waals surface area contributed by atoms with Gasteiger partial charge in [0.2, 0.25) is 0 Å². The SMILES string of the molecule is O=C(O)CCCCC(/C=C/c1ccccc1NC(=O)Nc1ccccc1)Cc1ccc(C(=O)O)cc1. The zero-order chi connectivity index (χ0) is 25.8. The van der Waals surface area contributed by atoms with Gasteiger partial charge in [0.25, 0.3) is 0 Å². The Labute approximate surface area is 210 Å². The van der Waals surface area contributed by atoms with E-state index >= 15 is 0 Å². The molecule has 0 radical (unpaired) electrons. The number of unbranched alkanes of at least 4 members (excludes halogenated alkanes) is 1. The van der Waals surface area contributed by atoms with Gasteiger partial charge in [0, 0.05) is 17.8 Å². The summed E-state index contributed by atoms with van der Waals surface area (Å²) in [6.45, 7) is 0. The molecule has 3 aromatic rings. The van der Waals surface area contributed by atoms with Crippen LogP contribution in [0.1, 0.15) is 47.2 Å². The van der Waals surface area contributed by atoms with Gasteiger partial charge in [0.1, 0.15) is 0 Å². The fourth-order valence-corrected chi connectivity index (χ4v) is 3.84. The monoisotopic (exact) mass is 486 g/mol. The van der Waals surface area contributed by atoms with Crippen molar-refractivity contribution in [3.8, 4) is 0 Å². The number of benzene rings is 3. The van der Waals surface area contributed by atoms with Gasteiger partial charge >= 0.3 is 18.0 Å². The number of carboxylic acids is 2. The fraction of sp³-hybridized carbons (Fsp3) is 0.207. The second-order valence-corrected chi connectivity index (χ2v) is 8.50.